The summed E-state index contributed by atoms with van der Waals surface area (Å²) in [6.45, 7) is 2.61. The molecule has 21 heavy (non-hydrogen) atoms. The van der Waals surface area contributed by atoms with Crippen molar-refractivity contribution < 1.29 is 9.26 Å². The first-order chi connectivity index (χ1) is 10.3. The first-order valence-corrected chi connectivity index (χ1v) is 7.26. The number of anilines is 1. The highest BCUT2D eigenvalue weighted by Gasteiger charge is 2.42. The fourth-order valence-electron chi connectivity index (χ4n) is 2.83. The van der Waals surface area contributed by atoms with Crippen LogP contribution < -0.4 is 5.32 Å². The molecule has 2 aromatic rings. The number of nitrogens with zero attached hydrogens (tertiary/aromatic N) is 4. The van der Waals surface area contributed by atoms with Gasteiger partial charge in [0.2, 0.25) is 5.82 Å². The van der Waals surface area contributed by atoms with Crippen LogP contribution in [0.5, 0.6) is 0 Å². The lowest BCUT2D eigenvalue weighted by atomic mass is 10.0. The van der Waals surface area contributed by atoms with Crippen LogP contribution in [0.1, 0.15) is 38.5 Å². The van der Waals surface area contributed by atoms with E-state index < -0.39 is 5.60 Å². The van der Waals surface area contributed by atoms with E-state index in [4.69, 9.17) is 9.26 Å². The van der Waals surface area contributed by atoms with Crippen LogP contribution in [0.2, 0.25) is 0 Å². The maximum atomic E-state index is 5.93. The van der Waals surface area contributed by atoms with Crippen molar-refractivity contribution in [3.63, 3.8) is 0 Å². The van der Waals surface area contributed by atoms with Crippen molar-refractivity contribution in [3.8, 4) is 11.5 Å². The van der Waals surface area contributed by atoms with E-state index in [9.17, 15) is 0 Å². The standard InChI is InChI=1S/C14H19N5O2/c1-3-20-14(6-4-5-7-14)13-18-12(19-21-13)10-11(15-2)17-9-8-16-10/h8-9H,3-7H2,1-2H3,(H,15,17). The molecule has 1 saturated carbocycles. The van der Waals surface area contributed by atoms with Gasteiger partial charge in [0.1, 0.15) is 5.60 Å². The average molecular weight is 289 g/mol. The summed E-state index contributed by atoms with van der Waals surface area (Å²) in [5.41, 5.74) is 0.154. The highest BCUT2D eigenvalue weighted by atomic mass is 16.5. The van der Waals surface area contributed by atoms with Gasteiger partial charge in [-0.25, -0.2) is 9.97 Å². The van der Waals surface area contributed by atoms with Crippen LogP contribution in [0.4, 0.5) is 5.82 Å². The number of aromatic nitrogens is 4. The molecule has 1 aliphatic carbocycles. The van der Waals surface area contributed by atoms with Crippen LogP contribution >= 0.6 is 0 Å². The smallest absolute Gasteiger partial charge is 0.259 e. The molecule has 0 spiro atoms. The highest BCUT2D eigenvalue weighted by Crippen LogP contribution is 2.41. The van der Waals surface area contributed by atoms with Crippen LogP contribution in [0.3, 0.4) is 0 Å². The molecule has 7 heteroatoms. The van der Waals surface area contributed by atoms with Crippen LogP contribution in [0.15, 0.2) is 16.9 Å². The zero-order valence-electron chi connectivity index (χ0n) is 12.3. The Kier molecular flexibility index (Phi) is 3.83. The van der Waals surface area contributed by atoms with Crippen LogP contribution in [-0.4, -0.2) is 33.8 Å². The normalized spacial score (nSPS) is 17.0. The van der Waals surface area contributed by atoms with Crippen LogP contribution in [-0.2, 0) is 10.3 Å². The minimum atomic E-state index is -0.429. The average Bonchev–Trinajstić information content (AvgIpc) is 3.17. The molecule has 1 N–H and O–H groups in total. The number of hydrogen-bond donors (Lipinski definition) is 1. The SMILES string of the molecule is CCOC1(c2nc(-c3nccnc3NC)no2)CCCC1. The first kappa shape index (κ1) is 13.9. The third kappa shape index (κ3) is 2.49. The molecule has 1 fully saturated rings. The van der Waals surface area contributed by atoms with E-state index >= 15 is 0 Å². The Morgan fingerprint density at radius 1 is 1.29 bits per heavy atom. The summed E-state index contributed by atoms with van der Waals surface area (Å²) in [5, 5.41) is 7.04. The van der Waals surface area contributed by atoms with E-state index in [2.05, 4.69) is 25.4 Å². The van der Waals surface area contributed by atoms with Crippen molar-refractivity contribution in [1.29, 1.82) is 0 Å². The first-order valence-electron chi connectivity index (χ1n) is 7.26. The monoisotopic (exact) mass is 289 g/mol. The summed E-state index contributed by atoms with van der Waals surface area (Å²) < 4.78 is 11.4. The second kappa shape index (κ2) is 5.77. The predicted molar refractivity (Wildman–Crippen MR) is 76.6 cm³/mol. The van der Waals surface area contributed by atoms with Gasteiger partial charge in [0.25, 0.3) is 5.89 Å². The molecule has 0 bridgehead atoms. The lowest BCUT2D eigenvalue weighted by Crippen LogP contribution is -2.26. The fourth-order valence-corrected chi connectivity index (χ4v) is 2.83. The van der Waals surface area contributed by atoms with Gasteiger partial charge in [0, 0.05) is 26.0 Å². The van der Waals surface area contributed by atoms with Gasteiger partial charge in [-0.1, -0.05) is 5.16 Å². The molecule has 0 amide bonds. The molecule has 112 valence electrons. The van der Waals surface area contributed by atoms with Crippen molar-refractivity contribution in [2.75, 3.05) is 19.0 Å². The van der Waals surface area contributed by atoms with Gasteiger partial charge in [-0.2, -0.15) is 4.98 Å². The predicted octanol–water partition coefficient (Wildman–Crippen LogP) is 2.37. The maximum absolute atomic E-state index is 5.93. The third-order valence-electron chi connectivity index (χ3n) is 3.79. The molecule has 2 heterocycles. The van der Waals surface area contributed by atoms with Gasteiger partial charge in [-0.3, -0.25) is 0 Å². The molecule has 7 nitrogen and oxygen atoms in total. The van der Waals surface area contributed by atoms with Crippen molar-refractivity contribution in [3.05, 3.63) is 18.3 Å². The van der Waals surface area contributed by atoms with E-state index in [0.29, 0.717) is 29.8 Å². The molecule has 0 radical (unpaired) electrons. The topological polar surface area (TPSA) is 86.0 Å². The Hall–Kier alpha value is -2.02. The maximum Gasteiger partial charge on any atom is 0.259 e. The molecular formula is C14H19N5O2. The summed E-state index contributed by atoms with van der Waals surface area (Å²) >= 11 is 0. The molecule has 2 aromatic heterocycles. The summed E-state index contributed by atoms with van der Waals surface area (Å²) in [7, 11) is 1.78. The molecule has 0 aliphatic heterocycles. The third-order valence-corrected chi connectivity index (χ3v) is 3.79. The second-order valence-electron chi connectivity index (χ2n) is 5.06. The molecular weight excluding hydrogens is 270 g/mol. The molecule has 3 rings (SSSR count). The molecule has 0 saturated heterocycles. The summed E-state index contributed by atoms with van der Waals surface area (Å²) in [5.74, 6) is 1.61. The van der Waals surface area contributed by atoms with E-state index in [1.54, 1.807) is 19.4 Å². The van der Waals surface area contributed by atoms with Gasteiger partial charge in [-0.15, -0.1) is 0 Å². The van der Waals surface area contributed by atoms with Crippen LogP contribution in [0.25, 0.3) is 11.5 Å². The largest absolute Gasteiger partial charge is 0.371 e. The zero-order chi connectivity index (χ0) is 14.7. The lowest BCUT2D eigenvalue weighted by Gasteiger charge is -2.24. The van der Waals surface area contributed by atoms with Gasteiger partial charge in [0.15, 0.2) is 11.5 Å². The Balaban J connectivity index is 1.96. The minimum Gasteiger partial charge on any atom is -0.371 e. The van der Waals surface area contributed by atoms with E-state index in [1.807, 2.05) is 6.92 Å². The molecule has 0 atom stereocenters. The Bertz CT molecular complexity index is 607. The van der Waals surface area contributed by atoms with Crippen molar-refractivity contribution in [2.24, 2.45) is 0 Å². The quantitative estimate of drug-likeness (QED) is 0.904. The molecule has 0 aromatic carbocycles. The van der Waals surface area contributed by atoms with Crippen molar-refractivity contribution in [1.82, 2.24) is 20.1 Å². The number of rotatable bonds is 5. The van der Waals surface area contributed by atoms with E-state index in [0.717, 1.165) is 25.7 Å². The zero-order valence-corrected chi connectivity index (χ0v) is 12.3. The molecule has 0 unspecified atom stereocenters. The van der Waals surface area contributed by atoms with Gasteiger partial charge in [-0.05, 0) is 32.6 Å². The van der Waals surface area contributed by atoms with E-state index in [1.165, 1.54) is 0 Å². The van der Waals surface area contributed by atoms with E-state index in [-0.39, 0.29) is 0 Å². The number of nitrogens with one attached hydrogen (secondary N) is 1. The minimum absolute atomic E-state index is 0.429. The Morgan fingerprint density at radius 3 is 2.76 bits per heavy atom. The van der Waals surface area contributed by atoms with Crippen molar-refractivity contribution in [2.45, 2.75) is 38.2 Å². The van der Waals surface area contributed by atoms with Gasteiger partial charge < -0.3 is 14.6 Å². The van der Waals surface area contributed by atoms with Gasteiger partial charge in [0.05, 0.1) is 0 Å². The highest BCUT2D eigenvalue weighted by molar-refractivity contribution is 5.64. The lowest BCUT2D eigenvalue weighted by molar-refractivity contribution is -0.0610. The summed E-state index contributed by atoms with van der Waals surface area (Å²) in [4.78, 5) is 13.0. The number of hydrogen-bond acceptors (Lipinski definition) is 7. The number of ether oxygens (including phenoxy) is 1. The summed E-state index contributed by atoms with van der Waals surface area (Å²) in [6.07, 6.45) is 7.30. The second-order valence-corrected chi connectivity index (χ2v) is 5.06. The van der Waals surface area contributed by atoms with Crippen LogP contribution in [0, 0.1) is 0 Å². The summed E-state index contributed by atoms with van der Waals surface area (Å²) in [6, 6.07) is 0. The Labute approximate surface area is 123 Å². The van der Waals surface area contributed by atoms with Gasteiger partial charge >= 0.3 is 0 Å². The van der Waals surface area contributed by atoms with Crippen molar-refractivity contribution >= 4 is 5.82 Å². The fraction of sp³-hybridized carbons (Fsp3) is 0.571. The molecule has 1 aliphatic rings. The Morgan fingerprint density at radius 2 is 2.05 bits per heavy atom.